The maximum absolute atomic E-state index is 11.9. The molecule has 2 rings (SSSR count). The number of aryl methyl sites for hydroxylation is 1. The fourth-order valence-electron chi connectivity index (χ4n) is 2.28. The van der Waals surface area contributed by atoms with Crippen LogP contribution in [0.15, 0.2) is 18.5 Å². The molecule has 1 heterocycles. The summed E-state index contributed by atoms with van der Waals surface area (Å²) >= 11 is 0. The molecule has 0 bridgehead atoms. The van der Waals surface area contributed by atoms with Crippen molar-refractivity contribution >= 4 is 11.9 Å². The molecule has 1 aliphatic rings. The van der Waals surface area contributed by atoms with E-state index in [0.29, 0.717) is 18.4 Å². The van der Waals surface area contributed by atoms with Gasteiger partial charge in [0.1, 0.15) is 0 Å². The highest BCUT2D eigenvalue weighted by atomic mass is 16.4. The summed E-state index contributed by atoms with van der Waals surface area (Å²) in [7, 11) is 0. The third-order valence-electron chi connectivity index (χ3n) is 3.25. The molecule has 2 N–H and O–H groups in total. The predicted octanol–water partition coefficient (Wildman–Crippen LogP) is 1.37. The van der Waals surface area contributed by atoms with Crippen molar-refractivity contribution in [3.05, 3.63) is 29.6 Å². The van der Waals surface area contributed by atoms with Crippen LogP contribution in [0.5, 0.6) is 0 Å². The SMILES string of the molecule is Cc1cncc(C(=O)N[C@H]2CC[C@@H](C(=O)O)C2)c1. The number of carboxylic acids is 1. The van der Waals surface area contributed by atoms with Crippen LogP contribution in [0.2, 0.25) is 0 Å². The lowest BCUT2D eigenvalue weighted by Gasteiger charge is -2.12. The number of amides is 1. The molecule has 1 amide bonds. The average Bonchev–Trinajstić information content (AvgIpc) is 2.77. The molecule has 2 atom stereocenters. The summed E-state index contributed by atoms with van der Waals surface area (Å²) in [5.74, 6) is -1.28. The Morgan fingerprint density at radius 1 is 1.39 bits per heavy atom. The molecule has 5 heteroatoms. The molecule has 18 heavy (non-hydrogen) atoms. The molecule has 1 aromatic rings. The number of carbonyl (C=O) groups is 2. The number of hydrogen-bond donors (Lipinski definition) is 2. The van der Waals surface area contributed by atoms with Crippen molar-refractivity contribution in [3.63, 3.8) is 0 Å². The van der Waals surface area contributed by atoms with E-state index in [1.165, 1.54) is 6.20 Å². The van der Waals surface area contributed by atoms with Crippen molar-refractivity contribution in [1.29, 1.82) is 0 Å². The Labute approximate surface area is 105 Å². The minimum Gasteiger partial charge on any atom is -0.481 e. The number of hydrogen-bond acceptors (Lipinski definition) is 3. The van der Waals surface area contributed by atoms with Crippen LogP contribution in [-0.4, -0.2) is 28.0 Å². The number of rotatable bonds is 3. The second-order valence-corrected chi connectivity index (χ2v) is 4.77. The fraction of sp³-hybridized carbons (Fsp3) is 0.462. The number of aliphatic carboxylic acids is 1. The molecule has 0 saturated heterocycles. The van der Waals surface area contributed by atoms with E-state index in [1.54, 1.807) is 12.3 Å². The van der Waals surface area contributed by atoms with Gasteiger partial charge in [0.15, 0.2) is 0 Å². The van der Waals surface area contributed by atoms with Gasteiger partial charge < -0.3 is 10.4 Å². The van der Waals surface area contributed by atoms with Gasteiger partial charge >= 0.3 is 5.97 Å². The Hall–Kier alpha value is -1.91. The van der Waals surface area contributed by atoms with E-state index in [-0.39, 0.29) is 17.9 Å². The van der Waals surface area contributed by atoms with Crippen molar-refractivity contribution in [2.45, 2.75) is 32.2 Å². The van der Waals surface area contributed by atoms with Crippen LogP contribution >= 0.6 is 0 Å². The second-order valence-electron chi connectivity index (χ2n) is 4.77. The summed E-state index contributed by atoms with van der Waals surface area (Å²) in [6.07, 6.45) is 5.08. The summed E-state index contributed by atoms with van der Waals surface area (Å²) in [6, 6.07) is 1.73. The zero-order valence-electron chi connectivity index (χ0n) is 10.2. The maximum atomic E-state index is 11.9. The summed E-state index contributed by atoms with van der Waals surface area (Å²) in [5, 5.41) is 11.8. The molecule has 1 fully saturated rings. The normalized spacial score (nSPS) is 22.7. The van der Waals surface area contributed by atoms with Crippen LogP contribution in [0.4, 0.5) is 0 Å². The van der Waals surface area contributed by atoms with Crippen molar-refractivity contribution in [2.75, 3.05) is 0 Å². The monoisotopic (exact) mass is 248 g/mol. The lowest BCUT2D eigenvalue weighted by atomic mass is 10.1. The number of nitrogens with zero attached hydrogens (tertiary/aromatic N) is 1. The Morgan fingerprint density at radius 3 is 2.78 bits per heavy atom. The lowest BCUT2D eigenvalue weighted by Crippen LogP contribution is -2.33. The summed E-state index contributed by atoms with van der Waals surface area (Å²) in [6.45, 7) is 1.87. The van der Waals surface area contributed by atoms with Crippen molar-refractivity contribution in [3.8, 4) is 0 Å². The molecular formula is C13H16N2O3. The van der Waals surface area contributed by atoms with E-state index in [1.807, 2.05) is 6.92 Å². The molecule has 96 valence electrons. The van der Waals surface area contributed by atoms with Crippen molar-refractivity contribution in [1.82, 2.24) is 10.3 Å². The Kier molecular flexibility index (Phi) is 3.60. The summed E-state index contributed by atoms with van der Waals surface area (Å²) in [5.41, 5.74) is 1.45. The van der Waals surface area contributed by atoms with E-state index in [4.69, 9.17) is 5.11 Å². The van der Waals surface area contributed by atoms with Crippen molar-refractivity contribution < 1.29 is 14.7 Å². The third-order valence-corrected chi connectivity index (χ3v) is 3.25. The first-order valence-electron chi connectivity index (χ1n) is 6.01. The Morgan fingerprint density at radius 2 is 2.17 bits per heavy atom. The highest BCUT2D eigenvalue weighted by Gasteiger charge is 2.30. The molecule has 0 unspecified atom stereocenters. The van der Waals surface area contributed by atoms with Gasteiger partial charge in [-0.1, -0.05) is 0 Å². The fourth-order valence-corrected chi connectivity index (χ4v) is 2.28. The number of carboxylic acid groups (broad SMARTS) is 1. The van der Waals surface area contributed by atoms with Gasteiger partial charge in [-0.15, -0.1) is 0 Å². The van der Waals surface area contributed by atoms with Crippen LogP contribution < -0.4 is 5.32 Å². The molecule has 5 nitrogen and oxygen atoms in total. The molecule has 1 aromatic heterocycles. The maximum Gasteiger partial charge on any atom is 0.306 e. The number of nitrogens with one attached hydrogen (secondary N) is 1. The van der Waals surface area contributed by atoms with E-state index in [0.717, 1.165) is 12.0 Å². The largest absolute Gasteiger partial charge is 0.481 e. The van der Waals surface area contributed by atoms with Crippen LogP contribution in [0, 0.1) is 12.8 Å². The molecule has 0 aliphatic heterocycles. The smallest absolute Gasteiger partial charge is 0.306 e. The first-order chi connectivity index (χ1) is 8.56. The van der Waals surface area contributed by atoms with Gasteiger partial charge in [0, 0.05) is 18.4 Å². The number of aromatic nitrogens is 1. The molecular weight excluding hydrogens is 232 g/mol. The van der Waals surface area contributed by atoms with Crippen LogP contribution in [-0.2, 0) is 4.79 Å². The van der Waals surface area contributed by atoms with Gasteiger partial charge in [0.2, 0.25) is 0 Å². The first-order valence-corrected chi connectivity index (χ1v) is 6.01. The van der Waals surface area contributed by atoms with Gasteiger partial charge in [-0.3, -0.25) is 14.6 Å². The lowest BCUT2D eigenvalue weighted by molar-refractivity contribution is -0.141. The third kappa shape index (κ3) is 2.85. The number of carbonyl (C=O) groups excluding carboxylic acids is 1. The highest BCUT2D eigenvalue weighted by Crippen LogP contribution is 2.25. The topological polar surface area (TPSA) is 79.3 Å². The standard InChI is InChI=1S/C13H16N2O3/c1-8-4-10(7-14-6-8)12(16)15-11-3-2-9(5-11)13(17)18/h4,6-7,9,11H,2-3,5H2,1H3,(H,15,16)(H,17,18)/t9-,11+/m1/s1. The van der Waals surface area contributed by atoms with Crippen LogP contribution in [0.3, 0.4) is 0 Å². The summed E-state index contributed by atoms with van der Waals surface area (Å²) in [4.78, 5) is 26.7. The molecule has 0 radical (unpaired) electrons. The van der Waals surface area contributed by atoms with Crippen molar-refractivity contribution in [2.24, 2.45) is 5.92 Å². The van der Waals surface area contributed by atoms with Gasteiger partial charge in [0.25, 0.3) is 5.91 Å². The van der Waals surface area contributed by atoms with Crippen LogP contribution in [0.1, 0.15) is 35.2 Å². The van der Waals surface area contributed by atoms with Gasteiger partial charge in [-0.25, -0.2) is 0 Å². The van der Waals surface area contributed by atoms with Gasteiger partial charge in [-0.05, 0) is 37.8 Å². The Bertz CT molecular complexity index is 473. The average molecular weight is 248 g/mol. The highest BCUT2D eigenvalue weighted by molar-refractivity contribution is 5.94. The zero-order valence-corrected chi connectivity index (χ0v) is 10.2. The van der Waals surface area contributed by atoms with Gasteiger partial charge in [-0.2, -0.15) is 0 Å². The van der Waals surface area contributed by atoms with E-state index in [2.05, 4.69) is 10.3 Å². The minimum absolute atomic E-state index is 0.0425. The Balaban J connectivity index is 1.95. The zero-order chi connectivity index (χ0) is 13.1. The minimum atomic E-state index is -0.774. The molecule has 1 saturated carbocycles. The molecule has 0 spiro atoms. The quantitative estimate of drug-likeness (QED) is 0.846. The first kappa shape index (κ1) is 12.5. The van der Waals surface area contributed by atoms with E-state index >= 15 is 0 Å². The van der Waals surface area contributed by atoms with E-state index in [9.17, 15) is 9.59 Å². The second kappa shape index (κ2) is 5.16. The van der Waals surface area contributed by atoms with E-state index < -0.39 is 5.97 Å². The van der Waals surface area contributed by atoms with Gasteiger partial charge in [0.05, 0.1) is 11.5 Å². The predicted molar refractivity (Wildman–Crippen MR) is 65.2 cm³/mol. The van der Waals surface area contributed by atoms with Crippen LogP contribution in [0.25, 0.3) is 0 Å². The molecule has 0 aromatic carbocycles. The summed E-state index contributed by atoms with van der Waals surface area (Å²) < 4.78 is 0. The molecule has 1 aliphatic carbocycles. The number of pyridine rings is 1.